The summed E-state index contributed by atoms with van der Waals surface area (Å²) in [4.78, 5) is 11.9. The van der Waals surface area contributed by atoms with E-state index in [2.05, 4.69) is 5.32 Å². The van der Waals surface area contributed by atoms with Gasteiger partial charge in [0.25, 0.3) is 0 Å². The fourth-order valence-corrected chi connectivity index (χ4v) is 1.75. The Morgan fingerprint density at radius 2 is 1.95 bits per heavy atom. The van der Waals surface area contributed by atoms with E-state index in [4.69, 9.17) is 5.26 Å². The van der Waals surface area contributed by atoms with E-state index in [1.807, 2.05) is 50.2 Å². The van der Waals surface area contributed by atoms with Gasteiger partial charge in [0.1, 0.15) is 11.6 Å². The summed E-state index contributed by atoms with van der Waals surface area (Å²) >= 11 is 0. The maximum atomic E-state index is 11.9. The molecular weight excluding hydrogens is 236 g/mol. The molecule has 19 heavy (non-hydrogen) atoms. The van der Waals surface area contributed by atoms with E-state index in [1.54, 1.807) is 6.92 Å². The Labute approximate surface area is 114 Å². The maximum Gasteiger partial charge on any atom is 0.175 e. The first-order chi connectivity index (χ1) is 9.04. The van der Waals surface area contributed by atoms with Gasteiger partial charge in [-0.3, -0.25) is 4.79 Å². The van der Waals surface area contributed by atoms with Crippen molar-refractivity contribution in [3.63, 3.8) is 0 Å². The number of rotatable bonds is 6. The van der Waals surface area contributed by atoms with Gasteiger partial charge in [-0.2, -0.15) is 5.26 Å². The molecule has 0 aliphatic carbocycles. The zero-order valence-electron chi connectivity index (χ0n) is 11.7. The molecule has 100 valence electrons. The van der Waals surface area contributed by atoms with Crippen molar-refractivity contribution in [2.45, 2.75) is 33.7 Å². The van der Waals surface area contributed by atoms with Gasteiger partial charge < -0.3 is 5.32 Å². The summed E-state index contributed by atoms with van der Waals surface area (Å²) in [6.07, 6.45) is 0.410. The van der Waals surface area contributed by atoms with Crippen LogP contribution in [-0.2, 0) is 11.3 Å². The molecule has 1 rings (SSSR count). The zero-order valence-corrected chi connectivity index (χ0v) is 11.7. The van der Waals surface area contributed by atoms with Crippen LogP contribution in [0.1, 0.15) is 32.8 Å². The van der Waals surface area contributed by atoms with Gasteiger partial charge in [0.2, 0.25) is 0 Å². The van der Waals surface area contributed by atoms with Crippen LogP contribution in [-0.4, -0.2) is 5.78 Å². The van der Waals surface area contributed by atoms with Crippen molar-refractivity contribution in [2.24, 2.45) is 5.92 Å². The molecule has 1 aromatic rings. The SMILES string of the molecule is C/C(NCc1ccccc1)=C(\C#N)C(=O)CC(C)C. The van der Waals surface area contributed by atoms with E-state index in [0.717, 1.165) is 5.56 Å². The van der Waals surface area contributed by atoms with Crippen LogP contribution in [0.3, 0.4) is 0 Å². The third-order valence-electron chi connectivity index (χ3n) is 2.76. The van der Waals surface area contributed by atoms with Gasteiger partial charge in [-0.15, -0.1) is 0 Å². The highest BCUT2D eigenvalue weighted by molar-refractivity contribution is 5.99. The average molecular weight is 256 g/mol. The topological polar surface area (TPSA) is 52.9 Å². The van der Waals surface area contributed by atoms with E-state index >= 15 is 0 Å². The summed E-state index contributed by atoms with van der Waals surface area (Å²) in [5.74, 6) is 0.174. The summed E-state index contributed by atoms with van der Waals surface area (Å²) in [5.41, 5.74) is 2.01. The Balaban J connectivity index is 2.71. The number of Topliss-reactive ketones (excluding diaryl/α,β-unsaturated/α-hetero) is 1. The van der Waals surface area contributed by atoms with Crippen molar-refractivity contribution in [3.8, 4) is 6.07 Å². The second kappa shape index (κ2) is 7.38. The molecule has 0 heterocycles. The quantitative estimate of drug-likeness (QED) is 0.628. The Kier molecular flexibility index (Phi) is 5.81. The maximum absolute atomic E-state index is 11.9. The van der Waals surface area contributed by atoms with Gasteiger partial charge in [-0.1, -0.05) is 44.2 Å². The molecule has 1 aromatic carbocycles. The highest BCUT2D eigenvalue weighted by Crippen LogP contribution is 2.10. The van der Waals surface area contributed by atoms with Gasteiger partial charge in [0.05, 0.1) is 0 Å². The van der Waals surface area contributed by atoms with Crippen molar-refractivity contribution >= 4 is 5.78 Å². The molecule has 0 amide bonds. The van der Waals surface area contributed by atoms with Gasteiger partial charge in [-0.25, -0.2) is 0 Å². The fraction of sp³-hybridized carbons (Fsp3) is 0.375. The molecule has 0 saturated carbocycles. The second-order valence-electron chi connectivity index (χ2n) is 4.97. The molecule has 0 spiro atoms. The number of benzene rings is 1. The molecule has 0 unspecified atom stereocenters. The van der Waals surface area contributed by atoms with Crippen LogP contribution in [0.25, 0.3) is 0 Å². The minimum Gasteiger partial charge on any atom is -0.383 e. The first-order valence-electron chi connectivity index (χ1n) is 6.46. The molecule has 0 radical (unpaired) electrons. The Morgan fingerprint density at radius 1 is 1.32 bits per heavy atom. The minimum absolute atomic E-state index is 0.0874. The van der Waals surface area contributed by atoms with Gasteiger partial charge in [0, 0.05) is 18.7 Å². The predicted octanol–water partition coefficient (Wildman–Crippen LogP) is 3.19. The van der Waals surface area contributed by atoms with Crippen LogP contribution in [0.2, 0.25) is 0 Å². The number of carbonyl (C=O) groups is 1. The lowest BCUT2D eigenvalue weighted by molar-refractivity contribution is -0.115. The third-order valence-corrected chi connectivity index (χ3v) is 2.76. The van der Waals surface area contributed by atoms with Crippen molar-refractivity contribution in [2.75, 3.05) is 0 Å². The first-order valence-corrected chi connectivity index (χ1v) is 6.46. The number of nitriles is 1. The molecule has 3 nitrogen and oxygen atoms in total. The molecule has 0 aromatic heterocycles. The van der Waals surface area contributed by atoms with E-state index < -0.39 is 0 Å². The van der Waals surface area contributed by atoms with Gasteiger partial charge in [-0.05, 0) is 18.4 Å². The molecule has 0 fully saturated rings. The first kappa shape index (κ1) is 15.0. The summed E-state index contributed by atoms with van der Waals surface area (Å²) in [7, 11) is 0. The third kappa shape index (κ3) is 4.97. The lowest BCUT2D eigenvalue weighted by Crippen LogP contribution is -2.16. The normalized spacial score (nSPS) is 11.7. The Hall–Kier alpha value is -2.08. The van der Waals surface area contributed by atoms with Crippen LogP contribution in [0.15, 0.2) is 41.6 Å². The van der Waals surface area contributed by atoms with Crippen LogP contribution in [0.5, 0.6) is 0 Å². The fourth-order valence-electron chi connectivity index (χ4n) is 1.75. The van der Waals surface area contributed by atoms with Crippen LogP contribution in [0, 0.1) is 17.2 Å². The molecule has 3 heteroatoms. The van der Waals surface area contributed by atoms with E-state index in [0.29, 0.717) is 18.7 Å². The molecule has 0 aliphatic heterocycles. The van der Waals surface area contributed by atoms with Crippen LogP contribution < -0.4 is 5.32 Å². The number of nitrogens with one attached hydrogen (secondary N) is 1. The summed E-state index contributed by atoms with van der Waals surface area (Å²) < 4.78 is 0. The zero-order chi connectivity index (χ0) is 14.3. The highest BCUT2D eigenvalue weighted by atomic mass is 16.1. The molecule has 0 bridgehead atoms. The van der Waals surface area contributed by atoms with E-state index in [9.17, 15) is 4.79 Å². The van der Waals surface area contributed by atoms with Crippen molar-refractivity contribution in [1.29, 1.82) is 5.26 Å². The Bertz CT molecular complexity index is 495. The summed E-state index contributed by atoms with van der Waals surface area (Å²) in [6, 6.07) is 11.9. The number of nitrogens with zero attached hydrogens (tertiary/aromatic N) is 1. The second-order valence-corrected chi connectivity index (χ2v) is 4.97. The largest absolute Gasteiger partial charge is 0.383 e. The lowest BCUT2D eigenvalue weighted by Gasteiger charge is -2.10. The van der Waals surface area contributed by atoms with E-state index in [-0.39, 0.29) is 17.3 Å². The number of hydrogen-bond acceptors (Lipinski definition) is 3. The van der Waals surface area contributed by atoms with E-state index in [1.165, 1.54) is 0 Å². The summed E-state index contributed by atoms with van der Waals surface area (Å²) in [6.45, 7) is 6.34. The number of hydrogen-bond donors (Lipinski definition) is 1. The van der Waals surface area contributed by atoms with Crippen molar-refractivity contribution in [1.82, 2.24) is 5.32 Å². The molecule has 0 saturated heterocycles. The van der Waals surface area contributed by atoms with Gasteiger partial charge >= 0.3 is 0 Å². The minimum atomic E-state index is -0.0874. The standard InChI is InChI=1S/C16H20N2O/c1-12(2)9-16(19)15(10-17)13(3)18-11-14-7-5-4-6-8-14/h4-8,12,18H,9,11H2,1-3H3/b15-13-. The molecule has 1 N–H and O–H groups in total. The highest BCUT2D eigenvalue weighted by Gasteiger charge is 2.14. The number of ketones is 1. The lowest BCUT2D eigenvalue weighted by atomic mass is 10.0. The molecule has 0 atom stereocenters. The van der Waals surface area contributed by atoms with Gasteiger partial charge in [0.15, 0.2) is 5.78 Å². The molecule has 0 aliphatic rings. The van der Waals surface area contributed by atoms with Crippen molar-refractivity contribution < 1.29 is 4.79 Å². The van der Waals surface area contributed by atoms with Crippen molar-refractivity contribution in [3.05, 3.63) is 47.2 Å². The Morgan fingerprint density at radius 3 is 2.47 bits per heavy atom. The smallest absolute Gasteiger partial charge is 0.175 e. The predicted molar refractivity (Wildman–Crippen MR) is 76.1 cm³/mol. The summed E-state index contributed by atoms with van der Waals surface area (Å²) in [5, 5.41) is 12.2. The number of carbonyl (C=O) groups excluding carboxylic acids is 1. The van der Waals surface area contributed by atoms with Crippen LogP contribution >= 0.6 is 0 Å². The average Bonchev–Trinajstić information content (AvgIpc) is 2.37. The molecular formula is C16H20N2O. The number of allylic oxidation sites excluding steroid dienone is 2. The monoisotopic (exact) mass is 256 g/mol. The van der Waals surface area contributed by atoms with Crippen LogP contribution in [0.4, 0.5) is 0 Å².